The first-order valence-corrected chi connectivity index (χ1v) is 13.6. The van der Waals surface area contributed by atoms with Gasteiger partial charge in [0.1, 0.15) is 0 Å². The quantitative estimate of drug-likeness (QED) is 0.162. The van der Waals surface area contributed by atoms with Crippen LogP contribution >= 0.6 is 0 Å². The Morgan fingerprint density at radius 1 is 0.594 bits per heavy atom. The van der Waals surface area contributed by atoms with Gasteiger partial charge in [0.15, 0.2) is 0 Å². The van der Waals surface area contributed by atoms with E-state index < -0.39 is 0 Å². The normalized spacial score (nSPS) is 12.6. The second kappa shape index (κ2) is 14.3. The summed E-state index contributed by atoms with van der Waals surface area (Å²) in [5, 5.41) is 2.65. The van der Waals surface area contributed by atoms with Gasteiger partial charge in [0, 0.05) is 10.8 Å². The van der Waals surface area contributed by atoms with E-state index >= 15 is 0 Å². The number of hydrogen-bond donors (Lipinski definition) is 0. The van der Waals surface area contributed by atoms with Crippen LogP contribution in [0.25, 0.3) is 21.8 Å². The molecule has 3 rings (SSSR count). The summed E-state index contributed by atoms with van der Waals surface area (Å²) in [5.74, 6) is 0.670. The fourth-order valence-electron chi connectivity index (χ4n) is 5.15. The number of benzene rings is 2. The molecule has 0 N–H and O–H groups in total. The lowest BCUT2D eigenvalue weighted by molar-refractivity contribution is 0.487. The number of aromatic nitrogens is 1. The highest BCUT2D eigenvalue weighted by atomic mass is 14.7. The summed E-state index contributed by atoms with van der Waals surface area (Å²) in [6.07, 6.45) is 20.7. The van der Waals surface area contributed by atoms with E-state index in [1.165, 1.54) is 107 Å². The summed E-state index contributed by atoms with van der Waals surface area (Å²) in [5.41, 5.74) is 3.81. The summed E-state index contributed by atoms with van der Waals surface area (Å²) in [6.45, 7) is 4.60. The fourth-order valence-corrected chi connectivity index (χ4v) is 5.15. The molecule has 0 saturated carbocycles. The van der Waals surface area contributed by atoms with Crippen LogP contribution in [0.3, 0.4) is 0 Å². The molecule has 0 aliphatic heterocycles. The predicted octanol–water partition coefficient (Wildman–Crippen LogP) is 10.4. The SMILES string of the molecule is CCCCCCCCCC(CCCCCCCC)c1cccc2nc3ccccc3cc12. The molecule has 0 aliphatic carbocycles. The van der Waals surface area contributed by atoms with Crippen LogP contribution in [0.1, 0.15) is 122 Å². The van der Waals surface area contributed by atoms with Crippen molar-refractivity contribution in [3.8, 4) is 0 Å². The van der Waals surface area contributed by atoms with Crippen molar-refractivity contribution in [3.05, 3.63) is 54.1 Å². The summed E-state index contributed by atoms with van der Waals surface area (Å²) >= 11 is 0. The molecule has 3 aromatic rings. The van der Waals surface area contributed by atoms with Gasteiger partial charge in [0.2, 0.25) is 0 Å². The Bertz CT molecular complexity index is 913. The maximum atomic E-state index is 4.99. The first kappa shape index (κ1) is 24.7. The maximum absolute atomic E-state index is 4.99. The number of rotatable bonds is 16. The van der Waals surface area contributed by atoms with Gasteiger partial charge in [-0.2, -0.15) is 0 Å². The van der Waals surface area contributed by atoms with Crippen LogP contribution in [0.5, 0.6) is 0 Å². The number of nitrogens with zero attached hydrogens (tertiary/aromatic N) is 1. The van der Waals surface area contributed by atoms with Gasteiger partial charge in [0.05, 0.1) is 11.0 Å². The van der Waals surface area contributed by atoms with E-state index in [4.69, 9.17) is 4.98 Å². The van der Waals surface area contributed by atoms with E-state index in [2.05, 4.69) is 62.4 Å². The molecule has 0 saturated heterocycles. The highest BCUT2D eigenvalue weighted by Crippen LogP contribution is 2.34. The average molecular weight is 432 g/mol. The number of para-hydroxylation sites is 1. The van der Waals surface area contributed by atoms with Crippen LogP contribution in [0.4, 0.5) is 0 Å². The van der Waals surface area contributed by atoms with Crippen molar-refractivity contribution in [2.75, 3.05) is 0 Å². The van der Waals surface area contributed by atoms with Gasteiger partial charge in [-0.15, -0.1) is 0 Å². The monoisotopic (exact) mass is 431 g/mol. The Hall–Kier alpha value is -1.89. The molecule has 0 bridgehead atoms. The Balaban J connectivity index is 1.69. The molecule has 174 valence electrons. The zero-order valence-corrected chi connectivity index (χ0v) is 20.7. The molecule has 32 heavy (non-hydrogen) atoms. The third-order valence-electron chi connectivity index (χ3n) is 7.10. The van der Waals surface area contributed by atoms with Crippen molar-refractivity contribution in [1.82, 2.24) is 4.98 Å². The van der Waals surface area contributed by atoms with Gasteiger partial charge in [-0.05, 0) is 42.5 Å². The zero-order chi connectivity index (χ0) is 22.4. The Morgan fingerprint density at radius 2 is 1.16 bits per heavy atom. The Morgan fingerprint density at radius 3 is 1.81 bits per heavy atom. The second-order valence-electron chi connectivity index (χ2n) is 9.76. The van der Waals surface area contributed by atoms with Gasteiger partial charge in [-0.3, -0.25) is 0 Å². The number of hydrogen-bond acceptors (Lipinski definition) is 1. The van der Waals surface area contributed by atoms with Gasteiger partial charge < -0.3 is 0 Å². The van der Waals surface area contributed by atoms with Crippen molar-refractivity contribution in [1.29, 1.82) is 0 Å². The molecule has 0 aliphatic rings. The third kappa shape index (κ3) is 7.61. The molecular weight excluding hydrogens is 386 g/mol. The number of pyridine rings is 1. The van der Waals surface area contributed by atoms with Gasteiger partial charge in [-0.25, -0.2) is 4.98 Å². The second-order valence-corrected chi connectivity index (χ2v) is 9.76. The lowest BCUT2D eigenvalue weighted by atomic mass is 9.86. The van der Waals surface area contributed by atoms with E-state index in [1.807, 2.05) is 0 Å². The van der Waals surface area contributed by atoms with Crippen LogP contribution in [0, 0.1) is 0 Å². The maximum Gasteiger partial charge on any atom is 0.0712 e. The molecule has 0 radical (unpaired) electrons. The topological polar surface area (TPSA) is 12.9 Å². The minimum atomic E-state index is 0.670. The van der Waals surface area contributed by atoms with E-state index in [0.29, 0.717) is 5.92 Å². The first-order chi connectivity index (χ1) is 15.8. The average Bonchev–Trinajstić information content (AvgIpc) is 2.82. The van der Waals surface area contributed by atoms with Gasteiger partial charge in [-0.1, -0.05) is 128 Å². The molecule has 1 nitrogen and oxygen atoms in total. The van der Waals surface area contributed by atoms with E-state index in [0.717, 1.165) is 11.0 Å². The number of unbranched alkanes of at least 4 members (excludes halogenated alkanes) is 11. The summed E-state index contributed by atoms with van der Waals surface area (Å²) in [4.78, 5) is 4.99. The predicted molar refractivity (Wildman–Crippen MR) is 143 cm³/mol. The summed E-state index contributed by atoms with van der Waals surface area (Å²) < 4.78 is 0. The van der Waals surface area contributed by atoms with Gasteiger partial charge >= 0.3 is 0 Å². The molecule has 2 aromatic carbocycles. The lowest BCUT2D eigenvalue weighted by Gasteiger charge is -2.20. The molecule has 1 aromatic heterocycles. The Labute approximate surface area is 197 Å². The van der Waals surface area contributed by atoms with E-state index in [-0.39, 0.29) is 0 Å². The van der Waals surface area contributed by atoms with Crippen molar-refractivity contribution < 1.29 is 0 Å². The number of fused-ring (bicyclic) bond motifs is 2. The summed E-state index contributed by atoms with van der Waals surface area (Å²) in [6, 6.07) is 17.8. The molecule has 1 heteroatoms. The molecule has 0 fully saturated rings. The minimum Gasteiger partial charge on any atom is -0.248 e. The molecule has 1 atom stereocenters. The van der Waals surface area contributed by atoms with E-state index in [1.54, 1.807) is 5.56 Å². The van der Waals surface area contributed by atoms with Crippen LogP contribution in [0.15, 0.2) is 48.5 Å². The lowest BCUT2D eigenvalue weighted by Crippen LogP contribution is -2.02. The molecule has 0 amide bonds. The van der Waals surface area contributed by atoms with Crippen LogP contribution in [-0.2, 0) is 0 Å². The molecular formula is C31H45N. The smallest absolute Gasteiger partial charge is 0.0712 e. The summed E-state index contributed by atoms with van der Waals surface area (Å²) in [7, 11) is 0. The minimum absolute atomic E-state index is 0.670. The standard InChI is InChI=1S/C31H45N/c1-3-5-7-9-11-13-15-20-26(19-14-12-10-8-6-4-2)28-22-18-24-31-29(28)25-27-21-16-17-23-30(27)32-31/h16-18,21-26H,3-15,19-20H2,1-2H3. The van der Waals surface area contributed by atoms with Crippen molar-refractivity contribution >= 4 is 21.8 Å². The van der Waals surface area contributed by atoms with Crippen LogP contribution in [-0.4, -0.2) is 4.98 Å². The Kier molecular flexibility index (Phi) is 11.1. The fraction of sp³-hybridized carbons (Fsp3) is 0.581. The third-order valence-corrected chi connectivity index (χ3v) is 7.10. The van der Waals surface area contributed by atoms with Crippen LogP contribution < -0.4 is 0 Å². The molecule has 0 spiro atoms. The van der Waals surface area contributed by atoms with E-state index in [9.17, 15) is 0 Å². The van der Waals surface area contributed by atoms with Crippen molar-refractivity contribution in [3.63, 3.8) is 0 Å². The van der Waals surface area contributed by atoms with Gasteiger partial charge in [0.25, 0.3) is 0 Å². The highest BCUT2D eigenvalue weighted by Gasteiger charge is 2.15. The largest absolute Gasteiger partial charge is 0.248 e. The zero-order valence-electron chi connectivity index (χ0n) is 20.7. The first-order valence-electron chi connectivity index (χ1n) is 13.6. The highest BCUT2D eigenvalue weighted by molar-refractivity contribution is 5.94. The van der Waals surface area contributed by atoms with Crippen molar-refractivity contribution in [2.24, 2.45) is 0 Å². The van der Waals surface area contributed by atoms with Crippen LogP contribution in [0.2, 0.25) is 0 Å². The molecule has 1 unspecified atom stereocenters. The van der Waals surface area contributed by atoms with Crippen molar-refractivity contribution in [2.45, 2.75) is 116 Å². The molecule has 1 heterocycles.